The predicted molar refractivity (Wildman–Crippen MR) is 126 cm³/mol. The van der Waals surface area contributed by atoms with Gasteiger partial charge >= 0.3 is 0 Å². The summed E-state index contributed by atoms with van der Waals surface area (Å²) in [5.74, 6) is 1.05. The third-order valence-electron chi connectivity index (χ3n) is 5.08. The Morgan fingerprint density at radius 2 is 1.81 bits per heavy atom. The molecule has 1 N–H and O–H groups in total. The quantitative estimate of drug-likeness (QED) is 0.294. The number of fused-ring (bicyclic) bond motifs is 1. The van der Waals surface area contributed by atoms with Crippen LogP contribution in [0.4, 0.5) is 4.39 Å². The number of aromatic nitrogens is 1. The van der Waals surface area contributed by atoms with Crippen molar-refractivity contribution in [1.29, 1.82) is 0 Å². The lowest BCUT2D eigenvalue weighted by atomic mass is 10.0. The first-order valence-corrected chi connectivity index (χ1v) is 10.9. The second-order valence-corrected chi connectivity index (χ2v) is 7.74. The van der Waals surface area contributed by atoms with Crippen molar-refractivity contribution in [2.75, 3.05) is 13.2 Å². The summed E-state index contributed by atoms with van der Waals surface area (Å²) in [6.07, 6.45) is 2.57. The Balaban J connectivity index is 1.39. The summed E-state index contributed by atoms with van der Waals surface area (Å²) in [6.45, 7) is 2.30. The Labute approximate surface area is 192 Å². The number of rotatable bonds is 10. The summed E-state index contributed by atoms with van der Waals surface area (Å²) >= 11 is 6.16. The van der Waals surface area contributed by atoms with E-state index in [0.717, 1.165) is 40.6 Å². The predicted octanol–water partition coefficient (Wildman–Crippen LogP) is 6.17. The minimum absolute atomic E-state index is 0.266. The minimum atomic E-state index is -0.360. The molecule has 3 aromatic carbocycles. The highest BCUT2D eigenvalue weighted by molar-refractivity contribution is 6.31. The molecule has 1 aromatic heterocycles. The largest absolute Gasteiger partial charge is 0.488 e. The number of ether oxygens (including phenoxy) is 2. The zero-order valence-electron chi connectivity index (χ0n) is 17.6. The van der Waals surface area contributed by atoms with Crippen molar-refractivity contribution in [2.24, 2.45) is 0 Å². The second kappa shape index (κ2) is 10.9. The summed E-state index contributed by atoms with van der Waals surface area (Å²) < 4.78 is 25.1. The van der Waals surface area contributed by atoms with Crippen molar-refractivity contribution < 1.29 is 13.9 Å². The van der Waals surface area contributed by atoms with Crippen LogP contribution < -0.4 is 14.8 Å². The Morgan fingerprint density at radius 1 is 0.938 bits per heavy atom. The number of hydrogen-bond donors (Lipinski definition) is 1. The summed E-state index contributed by atoms with van der Waals surface area (Å²) in [5, 5.41) is 6.12. The maximum Gasteiger partial charge on any atom is 0.213 e. The number of nitrogens with zero attached hydrogens (tertiary/aromatic N) is 1. The number of halogens is 2. The van der Waals surface area contributed by atoms with Gasteiger partial charge in [-0.05, 0) is 48.0 Å². The van der Waals surface area contributed by atoms with Crippen LogP contribution in [-0.4, -0.2) is 18.1 Å². The zero-order valence-corrected chi connectivity index (χ0v) is 18.3. The van der Waals surface area contributed by atoms with Gasteiger partial charge in [0.2, 0.25) is 5.88 Å². The normalized spacial score (nSPS) is 10.9. The number of benzene rings is 3. The molecule has 0 amide bonds. The molecule has 0 aliphatic heterocycles. The lowest BCUT2D eigenvalue weighted by Crippen LogP contribution is -2.18. The lowest BCUT2D eigenvalue weighted by Gasteiger charge is -2.16. The van der Waals surface area contributed by atoms with E-state index in [1.165, 1.54) is 12.1 Å². The molecule has 0 aliphatic rings. The molecular weight excluding hydrogens is 427 g/mol. The van der Waals surface area contributed by atoms with E-state index in [0.29, 0.717) is 24.1 Å². The monoisotopic (exact) mass is 450 g/mol. The van der Waals surface area contributed by atoms with Gasteiger partial charge in [-0.2, -0.15) is 0 Å². The van der Waals surface area contributed by atoms with Crippen LogP contribution in [0.5, 0.6) is 11.6 Å². The average molecular weight is 451 g/mol. The molecule has 0 unspecified atom stereocenters. The van der Waals surface area contributed by atoms with Gasteiger partial charge in [0.15, 0.2) is 0 Å². The van der Waals surface area contributed by atoms with E-state index in [1.54, 1.807) is 12.3 Å². The molecule has 0 radical (unpaired) electrons. The fourth-order valence-corrected chi connectivity index (χ4v) is 3.67. The maximum atomic E-state index is 13.3. The van der Waals surface area contributed by atoms with Gasteiger partial charge in [0.1, 0.15) is 18.2 Å². The molecule has 1 heterocycles. The van der Waals surface area contributed by atoms with Gasteiger partial charge in [-0.3, -0.25) is 0 Å². The third kappa shape index (κ3) is 5.75. The Morgan fingerprint density at radius 3 is 2.66 bits per heavy atom. The summed E-state index contributed by atoms with van der Waals surface area (Å²) in [7, 11) is 0. The summed E-state index contributed by atoms with van der Waals surface area (Å²) in [6, 6.07) is 22.2. The smallest absolute Gasteiger partial charge is 0.213 e. The van der Waals surface area contributed by atoms with Gasteiger partial charge in [-0.15, -0.1) is 0 Å². The van der Waals surface area contributed by atoms with Crippen molar-refractivity contribution in [3.8, 4) is 11.6 Å². The maximum absolute atomic E-state index is 13.3. The molecule has 0 bridgehead atoms. The minimum Gasteiger partial charge on any atom is -0.488 e. The highest BCUT2D eigenvalue weighted by Gasteiger charge is 2.10. The second-order valence-electron chi connectivity index (χ2n) is 7.33. The van der Waals surface area contributed by atoms with Gasteiger partial charge in [0, 0.05) is 29.9 Å². The average Bonchev–Trinajstić information content (AvgIpc) is 2.82. The fraction of sp³-hybridized carbons (Fsp3) is 0.192. The standard InChI is InChI=1S/C26H24ClFN2O2/c27-24-16-21(28)11-9-20(24)18-32-25-12-10-19-6-1-2-7-22(19)23(25)17-29-13-5-15-31-26-8-3-4-14-30-26/h1-4,6-12,14,16,29H,5,13,15,17-18H2. The Hall–Kier alpha value is -3.15. The van der Waals surface area contributed by atoms with Crippen molar-refractivity contribution >= 4 is 22.4 Å². The van der Waals surface area contributed by atoms with E-state index in [9.17, 15) is 4.39 Å². The topological polar surface area (TPSA) is 43.4 Å². The number of hydrogen-bond acceptors (Lipinski definition) is 4. The first-order valence-electron chi connectivity index (χ1n) is 10.5. The zero-order chi connectivity index (χ0) is 22.2. The van der Waals surface area contributed by atoms with Crippen molar-refractivity contribution in [3.05, 3.63) is 101 Å². The molecule has 0 aliphatic carbocycles. The molecule has 0 saturated heterocycles. The molecule has 0 atom stereocenters. The number of nitrogens with one attached hydrogen (secondary N) is 1. The van der Waals surface area contributed by atoms with Crippen LogP contribution in [-0.2, 0) is 13.2 Å². The van der Waals surface area contributed by atoms with Crippen LogP contribution in [0, 0.1) is 5.82 Å². The van der Waals surface area contributed by atoms with E-state index >= 15 is 0 Å². The van der Waals surface area contributed by atoms with Crippen molar-refractivity contribution in [3.63, 3.8) is 0 Å². The van der Waals surface area contributed by atoms with Gasteiger partial charge in [-0.25, -0.2) is 9.37 Å². The Kier molecular flexibility index (Phi) is 7.54. The molecule has 0 saturated carbocycles. The van der Waals surface area contributed by atoms with Crippen LogP contribution in [0.2, 0.25) is 5.02 Å². The summed E-state index contributed by atoms with van der Waals surface area (Å²) in [4.78, 5) is 4.16. The van der Waals surface area contributed by atoms with Crippen LogP contribution in [0.1, 0.15) is 17.5 Å². The SMILES string of the molecule is Fc1ccc(COc2ccc3ccccc3c2CNCCCOc2ccccn2)c(Cl)c1. The van der Waals surface area contributed by atoms with Crippen LogP contribution in [0.15, 0.2) is 79.0 Å². The molecule has 4 nitrogen and oxygen atoms in total. The molecule has 6 heteroatoms. The molecule has 0 spiro atoms. The fourth-order valence-electron chi connectivity index (χ4n) is 3.45. The van der Waals surface area contributed by atoms with Crippen LogP contribution in [0.3, 0.4) is 0 Å². The van der Waals surface area contributed by atoms with Gasteiger partial charge < -0.3 is 14.8 Å². The highest BCUT2D eigenvalue weighted by Crippen LogP contribution is 2.29. The van der Waals surface area contributed by atoms with E-state index < -0.39 is 0 Å². The highest BCUT2D eigenvalue weighted by atomic mass is 35.5. The van der Waals surface area contributed by atoms with E-state index in [2.05, 4.69) is 22.4 Å². The van der Waals surface area contributed by atoms with Crippen LogP contribution >= 0.6 is 11.6 Å². The van der Waals surface area contributed by atoms with Gasteiger partial charge in [0.25, 0.3) is 0 Å². The van der Waals surface area contributed by atoms with Gasteiger partial charge in [-0.1, -0.05) is 54.1 Å². The molecule has 32 heavy (non-hydrogen) atoms. The first-order chi connectivity index (χ1) is 15.7. The van der Waals surface area contributed by atoms with E-state index in [-0.39, 0.29) is 12.4 Å². The Bertz CT molecular complexity index is 1170. The van der Waals surface area contributed by atoms with Gasteiger partial charge in [0.05, 0.1) is 11.6 Å². The molecule has 4 aromatic rings. The molecular formula is C26H24ClFN2O2. The summed E-state index contributed by atoms with van der Waals surface area (Å²) in [5.41, 5.74) is 1.82. The first kappa shape index (κ1) is 22.1. The molecule has 4 rings (SSSR count). The van der Waals surface area contributed by atoms with E-state index in [1.807, 2.05) is 42.5 Å². The molecule has 0 fully saturated rings. The third-order valence-corrected chi connectivity index (χ3v) is 5.44. The van der Waals surface area contributed by atoms with Crippen molar-refractivity contribution in [2.45, 2.75) is 19.6 Å². The van der Waals surface area contributed by atoms with Crippen molar-refractivity contribution in [1.82, 2.24) is 10.3 Å². The van der Waals surface area contributed by atoms with Crippen LogP contribution in [0.25, 0.3) is 10.8 Å². The lowest BCUT2D eigenvalue weighted by molar-refractivity contribution is 0.294. The number of pyridine rings is 1. The molecule has 164 valence electrons. The van der Waals surface area contributed by atoms with E-state index in [4.69, 9.17) is 21.1 Å².